The zero-order valence-corrected chi connectivity index (χ0v) is 11.7. The second-order valence-corrected chi connectivity index (χ2v) is 4.56. The summed E-state index contributed by atoms with van der Waals surface area (Å²) in [6.07, 6.45) is 0. The fourth-order valence-corrected chi connectivity index (χ4v) is 1.94. The highest BCUT2D eigenvalue weighted by molar-refractivity contribution is 5.47. The van der Waals surface area contributed by atoms with Crippen LogP contribution in [0, 0.1) is 6.92 Å². The first-order chi connectivity index (χ1) is 9.67. The zero-order chi connectivity index (χ0) is 14.5. The zero-order valence-electron chi connectivity index (χ0n) is 11.7. The Balaban J connectivity index is 2.36. The molecule has 3 N–H and O–H groups in total. The lowest BCUT2D eigenvalue weighted by atomic mass is 10.1. The van der Waals surface area contributed by atoms with Crippen molar-refractivity contribution >= 4 is 0 Å². The predicted molar refractivity (Wildman–Crippen MR) is 78.1 cm³/mol. The maximum Gasteiger partial charge on any atom is 0.169 e. The topological polar surface area (TPSA) is 64.7 Å². The van der Waals surface area contributed by atoms with Gasteiger partial charge in [-0.1, -0.05) is 18.2 Å². The van der Waals surface area contributed by atoms with E-state index in [1.807, 2.05) is 25.1 Å². The molecule has 0 amide bonds. The second kappa shape index (κ2) is 6.41. The highest BCUT2D eigenvalue weighted by atomic mass is 16.5. The van der Waals surface area contributed by atoms with Crippen molar-refractivity contribution in [3.63, 3.8) is 0 Å². The van der Waals surface area contributed by atoms with Gasteiger partial charge in [0.1, 0.15) is 5.75 Å². The van der Waals surface area contributed by atoms with Crippen LogP contribution in [0.2, 0.25) is 0 Å². The van der Waals surface area contributed by atoms with Crippen LogP contribution in [0.1, 0.15) is 16.7 Å². The number of rotatable bonds is 5. The summed E-state index contributed by atoms with van der Waals surface area (Å²) in [4.78, 5) is 0. The number of aliphatic hydroxyl groups excluding tert-OH is 1. The summed E-state index contributed by atoms with van der Waals surface area (Å²) >= 11 is 0. The minimum absolute atomic E-state index is 0.0326. The molecule has 0 aromatic heterocycles. The van der Waals surface area contributed by atoms with Crippen molar-refractivity contribution in [2.24, 2.45) is 5.73 Å². The molecule has 4 heteroatoms. The van der Waals surface area contributed by atoms with Crippen LogP contribution in [-0.2, 0) is 13.2 Å². The highest BCUT2D eigenvalue weighted by Gasteiger charge is 2.09. The van der Waals surface area contributed by atoms with Gasteiger partial charge >= 0.3 is 0 Å². The van der Waals surface area contributed by atoms with E-state index < -0.39 is 0 Å². The summed E-state index contributed by atoms with van der Waals surface area (Å²) < 4.78 is 11.2. The lowest BCUT2D eigenvalue weighted by Gasteiger charge is -2.14. The van der Waals surface area contributed by atoms with E-state index >= 15 is 0 Å². The van der Waals surface area contributed by atoms with Crippen LogP contribution >= 0.6 is 0 Å². The average molecular weight is 273 g/mol. The number of aliphatic hydroxyl groups is 1. The van der Waals surface area contributed by atoms with Crippen molar-refractivity contribution in [1.29, 1.82) is 0 Å². The van der Waals surface area contributed by atoms with E-state index in [1.54, 1.807) is 25.3 Å². The SMILES string of the molecule is COc1cc(CO)ccc1Oc1cc(C)ccc1CN. The van der Waals surface area contributed by atoms with E-state index in [4.69, 9.17) is 20.3 Å². The Morgan fingerprint density at radius 1 is 1.05 bits per heavy atom. The number of hydrogen-bond acceptors (Lipinski definition) is 4. The van der Waals surface area contributed by atoms with Gasteiger partial charge < -0.3 is 20.3 Å². The number of aryl methyl sites for hydroxylation is 1. The number of benzene rings is 2. The van der Waals surface area contributed by atoms with Crippen LogP contribution in [-0.4, -0.2) is 12.2 Å². The first-order valence-corrected chi connectivity index (χ1v) is 6.43. The maximum atomic E-state index is 9.14. The highest BCUT2D eigenvalue weighted by Crippen LogP contribution is 2.34. The molecular formula is C16H19NO3. The molecule has 20 heavy (non-hydrogen) atoms. The Morgan fingerprint density at radius 3 is 2.50 bits per heavy atom. The number of methoxy groups -OCH3 is 1. The van der Waals surface area contributed by atoms with Gasteiger partial charge in [0, 0.05) is 12.1 Å². The summed E-state index contributed by atoms with van der Waals surface area (Å²) in [6.45, 7) is 2.38. The summed E-state index contributed by atoms with van der Waals surface area (Å²) in [6, 6.07) is 11.2. The van der Waals surface area contributed by atoms with Crippen molar-refractivity contribution in [2.75, 3.05) is 7.11 Å². The molecule has 0 spiro atoms. The standard InChI is InChI=1S/C16H19NO3/c1-11-3-5-13(9-17)15(7-11)20-14-6-4-12(10-18)8-16(14)19-2/h3-8,18H,9-10,17H2,1-2H3. The maximum absolute atomic E-state index is 9.14. The molecule has 2 aromatic rings. The molecule has 0 saturated carbocycles. The average Bonchev–Trinajstić information content (AvgIpc) is 2.48. The quantitative estimate of drug-likeness (QED) is 0.879. The van der Waals surface area contributed by atoms with Gasteiger partial charge in [0.2, 0.25) is 0 Å². The lowest BCUT2D eigenvalue weighted by Crippen LogP contribution is -2.00. The minimum atomic E-state index is -0.0326. The van der Waals surface area contributed by atoms with E-state index in [2.05, 4.69) is 0 Å². The largest absolute Gasteiger partial charge is 0.493 e. The van der Waals surface area contributed by atoms with Crippen molar-refractivity contribution in [3.8, 4) is 17.2 Å². The fourth-order valence-electron chi connectivity index (χ4n) is 1.94. The van der Waals surface area contributed by atoms with Crippen LogP contribution in [0.15, 0.2) is 36.4 Å². The lowest BCUT2D eigenvalue weighted by molar-refractivity contribution is 0.280. The van der Waals surface area contributed by atoms with Gasteiger partial charge in [-0.05, 0) is 36.2 Å². The van der Waals surface area contributed by atoms with Crippen LogP contribution in [0.3, 0.4) is 0 Å². The molecule has 2 aromatic carbocycles. The minimum Gasteiger partial charge on any atom is -0.493 e. The smallest absolute Gasteiger partial charge is 0.169 e. The first-order valence-electron chi connectivity index (χ1n) is 6.43. The molecule has 0 radical (unpaired) electrons. The Morgan fingerprint density at radius 2 is 1.85 bits per heavy atom. The molecule has 0 bridgehead atoms. The third kappa shape index (κ3) is 3.10. The monoisotopic (exact) mass is 273 g/mol. The third-order valence-corrected chi connectivity index (χ3v) is 3.07. The first kappa shape index (κ1) is 14.4. The molecule has 0 heterocycles. The Bertz CT molecular complexity index is 596. The van der Waals surface area contributed by atoms with E-state index in [0.717, 1.165) is 22.4 Å². The number of nitrogens with two attached hydrogens (primary N) is 1. The Kier molecular flexibility index (Phi) is 4.61. The molecule has 0 aliphatic carbocycles. The molecule has 2 rings (SSSR count). The number of hydrogen-bond donors (Lipinski definition) is 2. The summed E-state index contributed by atoms with van der Waals surface area (Å²) in [5.74, 6) is 1.91. The molecule has 0 unspecified atom stereocenters. The summed E-state index contributed by atoms with van der Waals surface area (Å²) in [5.41, 5.74) is 8.54. The van der Waals surface area contributed by atoms with Gasteiger partial charge in [0.25, 0.3) is 0 Å². The third-order valence-electron chi connectivity index (χ3n) is 3.07. The van der Waals surface area contributed by atoms with Crippen molar-refractivity contribution in [2.45, 2.75) is 20.1 Å². The van der Waals surface area contributed by atoms with Crippen molar-refractivity contribution in [3.05, 3.63) is 53.1 Å². The number of ether oxygens (including phenoxy) is 2. The molecule has 0 aliphatic rings. The molecule has 0 fully saturated rings. The molecular weight excluding hydrogens is 254 g/mol. The fraction of sp³-hybridized carbons (Fsp3) is 0.250. The van der Waals surface area contributed by atoms with E-state index in [1.165, 1.54) is 0 Å². The van der Waals surface area contributed by atoms with Crippen LogP contribution in [0.25, 0.3) is 0 Å². The predicted octanol–water partition coefficient (Wildman–Crippen LogP) is 2.75. The molecule has 0 saturated heterocycles. The molecule has 106 valence electrons. The normalized spacial score (nSPS) is 10.4. The molecule has 0 aliphatic heterocycles. The second-order valence-electron chi connectivity index (χ2n) is 4.56. The van der Waals surface area contributed by atoms with Gasteiger partial charge in [0.05, 0.1) is 13.7 Å². The molecule has 0 atom stereocenters. The Hall–Kier alpha value is -2.04. The Labute approximate surface area is 118 Å². The summed E-state index contributed by atoms with van der Waals surface area (Å²) in [5, 5.41) is 9.14. The van der Waals surface area contributed by atoms with Crippen molar-refractivity contribution < 1.29 is 14.6 Å². The summed E-state index contributed by atoms with van der Waals surface area (Å²) in [7, 11) is 1.57. The van der Waals surface area contributed by atoms with E-state index in [-0.39, 0.29) is 6.61 Å². The van der Waals surface area contributed by atoms with Gasteiger partial charge in [-0.25, -0.2) is 0 Å². The van der Waals surface area contributed by atoms with Gasteiger partial charge in [-0.3, -0.25) is 0 Å². The molecule has 4 nitrogen and oxygen atoms in total. The van der Waals surface area contributed by atoms with E-state index in [9.17, 15) is 0 Å². The van der Waals surface area contributed by atoms with Gasteiger partial charge in [-0.15, -0.1) is 0 Å². The van der Waals surface area contributed by atoms with Crippen LogP contribution in [0.5, 0.6) is 17.2 Å². The van der Waals surface area contributed by atoms with Crippen LogP contribution < -0.4 is 15.2 Å². The van der Waals surface area contributed by atoms with E-state index in [0.29, 0.717) is 18.0 Å². The van der Waals surface area contributed by atoms with Gasteiger partial charge in [-0.2, -0.15) is 0 Å². The van der Waals surface area contributed by atoms with Crippen molar-refractivity contribution in [1.82, 2.24) is 0 Å². The van der Waals surface area contributed by atoms with Crippen LogP contribution in [0.4, 0.5) is 0 Å². The van der Waals surface area contributed by atoms with Gasteiger partial charge in [0.15, 0.2) is 11.5 Å².